The second-order valence-corrected chi connectivity index (χ2v) is 8.63. The second-order valence-electron chi connectivity index (χ2n) is 6.25. The maximum absolute atomic E-state index is 11.7. The molecule has 1 aromatic heterocycles. The van der Waals surface area contributed by atoms with E-state index in [1.165, 1.54) is 17.5 Å². The Morgan fingerprint density at radius 3 is 2.96 bits per heavy atom. The monoisotopic (exact) mass is 378 g/mol. The van der Waals surface area contributed by atoms with Crippen LogP contribution in [0.3, 0.4) is 0 Å². The highest BCUT2D eigenvalue weighted by Gasteiger charge is 2.28. The van der Waals surface area contributed by atoms with E-state index in [9.17, 15) is 9.59 Å². The van der Waals surface area contributed by atoms with E-state index in [0.717, 1.165) is 15.6 Å². The van der Waals surface area contributed by atoms with Gasteiger partial charge in [0.25, 0.3) is 5.91 Å². The van der Waals surface area contributed by atoms with Gasteiger partial charge in [-0.25, -0.2) is 4.98 Å². The predicted molar refractivity (Wildman–Crippen MR) is 101 cm³/mol. The van der Waals surface area contributed by atoms with Crippen LogP contribution in [0.1, 0.15) is 32.6 Å². The molecule has 2 aromatic rings. The Bertz CT molecular complexity index is 710. The van der Waals surface area contributed by atoms with Crippen LogP contribution in [0.2, 0.25) is 0 Å². The fourth-order valence-corrected chi connectivity index (χ4v) is 4.59. The molecule has 0 radical (unpaired) electrons. The molecular formula is C18H22N2O3S2. The molecule has 0 spiro atoms. The standard InChI is InChI=1S/C18H22N2O3S2/c1-12(13-8-9-13)19-16(21)11-23-17(22)7-4-10-24-18-20-14-5-2-3-6-15(14)25-18/h2-3,5-6,12-13H,4,7-11H2,1H3,(H,19,21)/t12-/m1/s1. The van der Waals surface area contributed by atoms with Gasteiger partial charge in [-0.1, -0.05) is 23.9 Å². The number of hydrogen-bond acceptors (Lipinski definition) is 6. The first-order valence-electron chi connectivity index (χ1n) is 8.55. The van der Waals surface area contributed by atoms with Crippen molar-refractivity contribution in [3.63, 3.8) is 0 Å². The summed E-state index contributed by atoms with van der Waals surface area (Å²) in [6.45, 7) is 1.82. The van der Waals surface area contributed by atoms with E-state index in [2.05, 4.69) is 16.4 Å². The first kappa shape index (κ1) is 18.2. The Kier molecular flexibility index (Phi) is 6.31. The second kappa shape index (κ2) is 8.67. The maximum atomic E-state index is 11.7. The van der Waals surface area contributed by atoms with Crippen LogP contribution in [0.15, 0.2) is 28.6 Å². The van der Waals surface area contributed by atoms with E-state index in [0.29, 0.717) is 18.8 Å². The van der Waals surface area contributed by atoms with Gasteiger partial charge in [0.2, 0.25) is 0 Å². The van der Waals surface area contributed by atoms with Crippen molar-refractivity contribution >= 4 is 45.2 Å². The van der Waals surface area contributed by atoms with Crippen molar-refractivity contribution in [2.24, 2.45) is 5.92 Å². The van der Waals surface area contributed by atoms with Gasteiger partial charge >= 0.3 is 5.97 Å². The first-order valence-corrected chi connectivity index (χ1v) is 10.4. The minimum absolute atomic E-state index is 0.177. The molecule has 0 saturated heterocycles. The zero-order chi connectivity index (χ0) is 17.6. The lowest BCUT2D eigenvalue weighted by Gasteiger charge is -2.12. The number of esters is 1. The highest BCUT2D eigenvalue weighted by atomic mass is 32.2. The zero-order valence-electron chi connectivity index (χ0n) is 14.2. The molecule has 0 unspecified atom stereocenters. The molecule has 1 fully saturated rings. The van der Waals surface area contributed by atoms with Crippen LogP contribution in [-0.4, -0.2) is 35.3 Å². The third kappa shape index (κ3) is 5.71. The van der Waals surface area contributed by atoms with Gasteiger partial charge in [0.05, 0.1) is 10.2 Å². The number of amides is 1. The summed E-state index contributed by atoms with van der Waals surface area (Å²) in [5.74, 6) is 0.870. The number of thioether (sulfide) groups is 1. The molecule has 3 rings (SSSR count). The van der Waals surface area contributed by atoms with Gasteiger partial charge in [0.1, 0.15) is 0 Å². The van der Waals surface area contributed by atoms with Crippen molar-refractivity contribution in [1.29, 1.82) is 0 Å². The van der Waals surface area contributed by atoms with E-state index in [4.69, 9.17) is 4.74 Å². The minimum Gasteiger partial charge on any atom is -0.456 e. The molecule has 5 nitrogen and oxygen atoms in total. The summed E-state index contributed by atoms with van der Waals surface area (Å²) < 4.78 is 7.23. The van der Waals surface area contributed by atoms with E-state index in [1.807, 2.05) is 25.1 Å². The number of nitrogens with one attached hydrogen (secondary N) is 1. The number of hydrogen-bond donors (Lipinski definition) is 1. The minimum atomic E-state index is -0.320. The molecular weight excluding hydrogens is 356 g/mol. The van der Waals surface area contributed by atoms with Gasteiger partial charge in [-0.05, 0) is 44.2 Å². The van der Waals surface area contributed by atoms with Gasteiger partial charge in [0.15, 0.2) is 10.9 Å². The third-order valence-corrected chi connectivity index (χ3v) is 6.37. The smallest absolute Gasteiger partial charge is 0.306 e. The summed E-state index contributed by atoms with van der Waals surface area (Å²) in [6, 6.07) is 8.23. The maximum Gasteiger partial charge on any atom is 0.306 e. The molecule has 1 N–H and O–H groups in total. The Balaban J connectivity index is 1.29. The van der Waals surface area contributed by atoms with Gasteiger partial charge in [-0.15, -0.1) is 11.3 Å². The molecule has 134 valence electrons. The fraction of sp³-hybridized carbons (Fsp3) is 0.500. The van der Waals surface area contributed by atoms with Gasteiger partial charge < -0.3 is 10.1 Å². The molecule has 1 aliphatic rings. The molecule has 0 bridgehead atoms. The summed E-state index contributed by atoms with van der Waals surface area (Å²) >= 11 is 3.32. The van der Waals surface area contributed by atoms with Crippen LogP contribution in [-0.2, 0) is 14.3 Å². The van der Waals surface area contributed by atoms with Crippen molar-refractivity contribution < 1.29 is 14.3 Å². The summed E-state index contributed by atoms with van der Waals surface area (Å²) in [4.78, 5) is 27.9. The first-order chi connectivity index (χ1) is 12.1. The Morgan fingerprint density at radius 1 is 1.40 bits per heavy atom. The quantitative estimate of drug-likeness (QED) is 0.410. The largest absolute Gasteiger partial charge is 0.456 e. The van der Waals surface area contributed by atoms with Crippen LogP contribution >= 0.6 is 23.1 Å². The summed E-state index contributed by atoms with van der Waals surface area (Å²) in [5, 5.41) is 2.87. The molecule has 0 aliphatic heterocycles. The number of para-hydroxylation sites is 1. The van der Waals surface area contributed by atoms with Crippen molar-refractivity contribution in [3.05, 3.63) is 24.3 Å². The summed E-state index contributed by atoms with van der Waals surface area (Å²) in [7, 11) is 0. The van der Waals surface area contributed by atoms with Crippen molar-refractivity contribution in [2.45, 2.75) is 43.0 Å². The molecule has 1 heterocycles. The Labute approximate surface area is 155 Å². The predicted octanol–water partition coefficient (Wildman–Crippen LogP) is 3.63. The SMILES string of the molecule is C[C@@H](NC(=O)COC(=O)CCCSc1nc2ccccc2s1)C1CC1. The van der Waals surface area contributed by atoms with E-state index < -0.39 is 0 Å². The van der Waals surface area contributed by atoms with Crippen LogP contribution in [0.25, 0.3) is 10.2 Å². The fourth-order valence-electron chi connectivity index (χ4n) is 2.52. The Morgan fingerprint density at radius 2 is 2.20 bits per heavy atom. The van der Waals surface area contributed by atoms with Crippen molar-refractivity contribution in [1.82, 2.24) is 10.3 Å². The average molecular weight is 379 g/mol. The molecule has 25 heavy (non-hydrogen) atoms. The van der Waals surface area contributed by atoms with Crippen LogP contribution in [0, 0.1) is 5.92 Å². The Hall–Kier alpha value is -1.60. The van der Waals surface area contributed by atoms with Crippen LogP contribution in [0.4, 0.5) is 0 Å². The normalized spacial score (nSPS) is 15.1. The number of nitrogens with zero attached hydrogens (tertiary/aromatic N) is 1. The highest BCUT2D eigenvalue weighted by Crippen LogP contribution is 2.32. The number of thiazole rings is 1. The van der Waals surface area contributed by atoms with Gasteiger partial charge in [-0.3, -0.25) is 9.59 Å². The molecule has 7 heteroatoms. The molecule has 1 atom stereocenters. The number of carbonyl (C=O) groups is 2. The lowest BCUT2D eigenvalue weighted by Crippen LogP contribution is -2.37. The summed E-state index contributed by atoms with van der Waals surface area (Å²) in [5.41, 5.74) is 1.01. The average Bonchev–Trinajstić information content (AvgIpc) is 3.37. The molecule has 1 saturated carbocycles. The van der Waals surface area contributed by atoms with Crippen LogP contribution < -0.4 is 5.32 Å². The summed E-state index contributed by atoms with van der Waals surface area (Å²) in [6.07, 6.45) is 3.38. The third-order valence-electron chi connectivity index (χ3n) is 4.11. The molecule has 1 aliphatic carbocycles. The van der Waals surface area contributed by atoms with E-state index >= 15 is 0 Å². The van der Waals surface area contributed by atoms with E-state index in [1.54, 1.807) is 23.1 Å². The van der Waals surface area contributed by atoms with Crippen molar-refractivity contribution in [3.8, 4) is 0 Å². The van der Waals surface area contributed by atoms with Crippen LogP contribution in [0.5, 0.6) is 0 Å². The zero-order valence-corrected chi connectivity index (χ0v) is 15.8. The molecule has 1 aromatic carbocycles. The van der Waals surface area contributed by atoms with E-state index in [-0.39, 0.29) is 24.5 Å². The lowest BCUT2D eigenvalue weighted by molar-refractivity contribution is -0.148. The topological polar surface area (TPSA) is 68.3 Å². The number of rotatable bonds is 9. The van der Waals surface area contributed by atoms with Gasteiger partial charge in [-0.2, -0.15) is 0 Å². The number of ether oxygens (including phenoxy) is 1. The number of aromatic nitrogens is 1. The number of benzene rings is 1. The lowest BCUT2D eigenvalue weighted by atomic mass is 10.2. The number of carbonyl (C=O) groups excluding carboxylic acids is 2. The number of fused-ring (bicyclic) bond motifs is 1. The van der Waals surface area contributed by atoms with Crippen molar-refractivity contribution in [2.75, 3.05) is 12.4 Å². The molecule has 1 amide bonds. The highest BCUT2D eigenvalue weighted by molar-refractivity contribution is 8.01. The van der Waals surface area contributed by atoms with Gasteiger partial charge in [0, 0.05) is 18.2 Å².